The van der Waals surface area contributed by atoms with Crippen molar-refractivity contribution in [3.05, 3.63) is 24.2 Å². The topological polar surface area (TPSA) is 53.1 Å². The largest absolute Gasteiger partial charge is 0.396 e. The predicted molar refractivity (Wildman–Crippen MR) is 48.2 cm³/mol. The monoisotopic (exact) mass is 153 g/mol. The van der Waals surface area contributed by atoms with Gasteiger partial charge in [0.2, 0.25) is 0 Å². The summed E-state index contributed by atoms with van der Waals surface area (Å²) in [6.07, 6.45) is 1.66. The van der Waals surface area contributed by atoms with Crippen LogP contribution in [0.5, 0.6) is 0 Å². The molecule has 0 aliphatic carbocycles. The highest BCUT2D eigenvalue weighted by molar-refractivity contribution is 5.95. The van der Waals surface area contributed by atoms with Crippen LogP contribution in [0.15, 0.2) is 24.2 Å². The maximum Gasteiger partial charge on any atom is 0.0717 e. The van der Waals surface area contributed by atoms with Crippen LogP contribution in [-0.2, 0) is 0 Å². The predicted octanol–water partition coefficient (Wildman–Crippen LogP) is 1.29. The second-order valence-corrected chi connectivity index (χ2v) is 2.42. The molecule has 0 aromatic rings. The van der Waals surface area contributed by atoms with Gasteiger partial charge in [-0.3, -0.25) is 0 Å². The van der Waals surface area contributed by atoms with Gasteiger partial charge >= 0.3 is 0 Å². The molecule has 3 heteroatoms. The van der Waals surface area contributed by atoms with E-state index in [1.54, 1.807) is 18.0 Å². The standard InChI is InChI=1S/C8H15N3/c1-5-11(4)7(3)8(10)6(2)9/h5,9H,1,10H2,2-4H3/b8-7-,9-6?. The van der Waals surface area contributed by atoms with Crippen LogP contribution in [-0.4, -0.2) is 17.7 Å². The molecule has 0 rings (SSSR count). The first kappa shape index (κ1) is 9.75. The second kappa shape index (κ2) is 3.81. The van der Waals surface area contributed by atoms with Crippen LogP contribution in [0.4, 0.5) is 0 Å². The first-order chi connectivity index (χ1) is 5.00. The molecular weight excluding hydrogens is 138 g/mol. The molecule has 62 valence electrons. The minimum Gasteiger partial charge on any atom is -0.396 e. The highest BCUT2D eigenvalue weighted by Gasteiger charge is 2.01. The molecule has 0 spiro atoms. The molecule has 0 radical (unpaired) electrons. The molecule has 3 nitrogen and oxygen atoms in total. The smallest absolute Gasteiger partial charge is 0.0717 e. The number of nitrogens with one attached hydrogen (secondary N) is 1. The summed E-state index contributed by atoms with van der Waals surface area (Å²) in [5.74, 6) is 0. The van der Waals surface area contributed by atoms with E-state index in [1.807, 2.05) is 14.0 Å². The molecule has 3 N–H and O–H groups in total. The molecule has 0 atom stereocenters. The van der Waals surface area contributed by atoms with E-state index in [2.05, 4.69) is 6.58 Å². The van der Waals surface area contributed by atoms with Crippen molar-refractivity contribution in [3.63, 3.8) is 0 Å². The zero-order chi connectivity index (χ0) is 9.02. The molecule has 0 heterocycles. The van der Waals surface area contributed by atoms with Gasteiger partial charge in [-0.1, -0.05) is 6.58 Å². The summed E-state index contributed by atoms with van der Waals surface area (Å²) in [5, 5.41) is 7.26. The normalized spacial score (nSPS) is 11.9. The van der Waals surface area contributed by atoms with Gasteiger partial charge < -0.3 is 16.0 Å². The van der Waals surface area contributed by atoms with E-state index in [0.717, 1.165) is 5.70 Å². The van der Waals surface area contributed by atoms with Crippen molar-refractivity contribution in [1.29, 1.82) is 5.41 Å². The van der Waals surface area contributed by atoms with Gasteiger partial charge in [-0.2, -0.15) is 0 Å². The van der Waals surface area contributed by atoms with Gasteiger partial charge in [-0.05, 0) is 20.0 Å². The Labute approximate surface area is 67.7 Å². The fourth-order valence-electron chi connectivity index (χ4n) is 0.598. The van der Waals surface area contributed by atoms with Crippen LogP contribution < -0.4 is 5.73 Å². The van der Waals surface area contributed by atoms with E-state index in [9.17, 15) is 0 Å². The number of allylic oxidation sites excluding steroid dienone is 2. The molecule has 0 aromatic carbocycles. The minimum atomic E-state index is 0.385. The van der Waals surface area contributed by atoms with Crippen LogP contribution in [0, 0.1) is 5.41 Å². The minimum absolute atomic E-state index is 0.385. The summed E-state index contributed by atoms with van der Waals surface area (Å²) in [4.78, 5) is 1.79. The van der Waals surface area contributed by atoms with E-state index in [-0.39, 0.29) is 0 Å². The van der Waals surface area contributed by atoms with Crippen molar-refractivity contribution in [2.24, 2.45) is 5.73 Å². The lowest BCUT2D eigenvalue weighted by Gasteiger charge is -2.16. The van der Waals surface area contributed by atoms with Crippen molar-refractivity contribution in [2.75, 3.05) is 7.05 Å². The van der Waals surface area contributed by atoms with Crippen LogP contribution in [0.3, 0.4) is 0 Å². The summed E-state index contributed by atoms with van der Waals surface area (Å²) in [7, 11) is 1.85. The van der Waals surface area contributed by atoms with Crippen molar-refractivity contribution >= 4 is 5.71 Å². The van der Waals surface area contributed by atoms with Crippen LogP contribution >= 0.6 is 0 Å². The third kappa shape index (κ3) is 2.45. The summed E-state index contributed by atoms with van der Waals surface area (Å²) in [5.41, 5.74) is 7.35. The molecule has 0 aromatic heterocycles. The number of nitrogens with zero attached hydrogens (tertiary/aromatic N) is 1. The number of rotatable bonds is 3. The third-order valence-corrected chi connectivity index (χ3v) is 1.60. The molecule has 0 unspecified atom stereocenters. The Balaban J connectivity index is 4.64. The molecule has 0 fully saturated rings. The number of hydrogen-bond acceptors (Lipinski definition) is 3. The molecular formula is C8H15N3. The van der Waals surface area contributed by atoms with Gasteiger partial charge in [-0.15, -0.1) is 0 Å². The first-order valence-corrected chi connectivity index (χ1v) is 3.38. The van der Waals surface area contributed by atoms with Crippen LogP contribution in [0.2, 0.25) is 0 Å². The molecule has 11 heavy (non-hydrogen) atoms. The van der Waals surface area contributed by atoms with E-state index in [0.29, 0.717) is 11.4 Å². The van der Waals surface area contributed by atoms with Crippen molar-refractivity contribution in [2.45, 2.75) is 13.8 Å². The molecule has 0 saturated carbocycles. The summed E-state index contributed by atoms with van der Waals surface area (Å²) in [6.45, 7) is 7.11. The van der Waals surface area contributed by atoms with E-state index < -0.39 is 0 Å². The average Bonchev–Trinajstić information content (AvgIpc) is 2.00. The SMILES string of the molecule is C=CN(C)/C(C)=C(\N)C(C)=N. The number of hydrogen-bond donors (Lipinski definition) is 2. The summed E-state index contributed by atoms with van der Waals surface area (Å²) >= 11 is 0. The third-order valence-electron chi connectivity index (χ3n) is 1.60. The average molecular weight is 153 g/mol. The van der Waals surface area contributed by atoms with Crippen LogP contribution in [0.1, 0.15) is 13.8 Å². The van der Waals surface area contributed by atoms with E-state index >= 15 is 0 Å². The summed E-state index contributed by atoms with van der Waals surface area (Å²) in [6, 6.07) is 0. The van der Waals surface area contributed by atoms with Gasteiger partial charge in [0, 0.05) is 12.7 Å². The summed E-state index contributed by atoms with van der Waals surface area (Å²) < 4.78 is 0. The van der Waals surface area contributed by atoms with Gasteiger partial charge in [0.15, 0.2) is 0 Å². The molecule has 0 bridgehead atoms. The lowest BCUT2D eigenvalue weighted by molar-refractivity contribution is 0.566. The Morgan fingerprint density at radius 2 is 2.00 bits per heavy atom. The fourth-order valence-corrected chi connectivity index (χ4v) is 0.598. The zero-order valence-electron chi connectivity index (χ0n) is 7.31. The van der Waals surface area contributed by atoms with Crippen molar-refractivity contribution in [3.8, 4) is 0 Å². The Morgan fingerprint density at radius 3 is 2.27 bits per heavy atom. The lowest BCUT2D eigenvalue weighted by atomic mass is 10.2. The van der Waals surface area contributed by atoms with Crippen molar-refractivity contribution in [1.82, 2.24) is 4.90 Å². The van der Waals surface area contributed by atoms with E-state index in [4.69, 9.17) is 11.1 Å². The van der Waals surface area contributed by atoms with Gasteiger partial charge in [0.05, 0.1) is 11.4 Å². The van der Waals surface area contributed by atoms with Crippen molar-refractivity contribution < 1.29 is 0 Å². The maximum atomic E-state index is 7.26. The fraction of sp³-hybridized carbons (Fsp3) is 0.375. The zero-order valence-corrected chi connectivity index (χ0v) is 7.31. The van der Waals surface area contributed by atoms with Gasteiger partial charge in [0.1, 0.15) is 0 Å². The van der Waals surface area contributed by atoms with Crippen LogP contribution in [0.25, 0.3) is 0 Å². The quantitative estimate of drug-likeness (QED) is 0.600. The highest BCUT2D eigenvalue weighted by Crippen LogP contribution is 2.04. The number of nitrogens with two attached hydrogens (primary N) is 1. The first-order valence-electron chi connectivity index (χ1n) is 3.38. The lowest BCUT2D eigenvalue weighted by Crippen LogP contribution is -2.17. The molecule has 0 saturated heterocycles. The van der Waals surface area contributed by atoms with Gasteiger partial charge in [-0.25, -0.2) is 0 Å². The van der Waals surface area contributed by atoms with E-state index in [1.165, 1.54) is 0 Å². The Kier molecular flexibility index (Phi) is 3.37. The molecule has 0 amide bonds. The second-order valence-electron chi connectivity index (χ2n) is 2.42. The maximum absolute atomic E-state index is 7.26. The highest BCUT2D eigenvalue weighted by atomic mass is 15.1. The van der Waals surface area contributed by atoms with Gasteiger partial charge in [0.25, 0.3) is 0 Å². The Bertz CT molecular complexity index is 203. The molecule has 0 aliphatic rings. The Hall–Kier alpha value is -1.25. The molecule has 0 aliphatic heterocycles. The Morgan fingerprint density at radius 1 is 1.55 bits per heavy atom.